The lowest BCUT2D eigenvalue weighted by Gasteiger charge is -2.10. The molecule has 0 fully saturated rings. The van der Waals surface area contributed by atoms with Gasteiger partial charge in [-0.15, -0.1) is 0 Å². The van der Waals surface area contributed by atoms with E-state index in [9.17, 15) is 18.0 Å². The molecular weight excluding hydrogens is 382 g/mol. The van der Waals surface area contributed by atoms with E-state index in [4.69, 9.17) is 27.7 Å². The Morgan fingerprint density at radius 2 is 1.88 bits per heavy atom. The van der Waals surface area contributed by atoms with Crippen LogP contribution >= 0.6 is 23.2 Å². The maximum atomic E-state index is 12.8. The molecule has 0 amide bonds. The molecule has 5 nitrogen and oxygen atoms in total. The van der Waals surface area contributed by atoms with Gasteiger partial charge in [-0.2, -0.15) is 18.2 Å². The molecule has 2 heterocycles. The first-order valence-corrected chi connectivity index (χ1v) is 7.56. The highest BCUT2D eigenvalue weighted by Crippen LogP contribution is 2.30. The number of nitrogens with zero attached hydrogens (tertiary/aromatic N) is 3. The lowest BCUT2D eigenvalue weighted by atomic mass is 10.2. The lowest BCUT2D eigenvalue weighted by molar-refractivity contribution is -0.138. The second-order valence-electron chi connectivity index (χ2n) is 5.00. The van der Waals surface area contributed by atoms with Gasteiger partial charge in [0.1, 0.15) is 11.6 Å². The lowest BCUT2D eigenvalue weighted by Crippen LogP contribution is -2.23. The fourth-order valence-corrected chi connectivity index (χ4v) is 2.53. The highest BCUT2D eigenvalue weighted by atomic mass is 35.5. The summed E-state index contributed by atoms with van der Waals surface area (Å²) in [6.07, 6.45) is -4.00. The topological polar surface area (TPSA) is 60.9 Å². The Labute approximate surface area is 148 Å². The zero-order valence-electron chi connectivity index (χ0n) is 12.2. The van der Waals surface area contributed by atoms with Crippen molar-refractivity contribution in [1.82, 2.24) is 14.7 Å². The number of pyridine rings is 1. The summed E-state index contributed by atoms with van der Waals surface area (Å²) in [5.41, 5.74) is -1.36. The van der Waals surface area contributed by atoms with Gasteiger partial charge in [0.25, 0.3) is 5.56 Å². The zero-order valence-corrected chi connectivity index (χ0v) is 13.7. The standard InChI is InChI=1S/C15H8Cl2F3N3O2/c16-10-4-2-1-3-9(10)13-21-12(25-22-13)7-23-6-8(15(18,19)20)5-11(17)14(23)24/h1-6H,7H2. The van der Waals surface area contributed by atoms with Crippen molar-refractivity contribution < 1.29 is 17.7 Å². The summed E-state index contributed by atoms with van der Waals surface area (Å²) in [6.45, 7) is -0.361. The molecule has 0 bridgehead atoms. The summed E-state index contributed by atoms with van der Waals surface area (Å²) in [6, 6.07) is 7.29. The molecule has 0 radical (unpaired) electrons. The quantitative estimate of drug-likeness (QED) is 0.670. The Balaban J connectivity index is 1.95. The Kier molecular flexibility index (Phi) is 4.57. The van der Waals surface area contributed by atoms with Crippen molar-refractivity contribution in [1.29, 1.82) is 0 Å². The molecule has 130 valence electrons. The van der Waals surface area contributed by atoms with Crippen LogP contribution < -0.4 is 5.56 Å². The number of alkyl halides is 3. The maximum Gasteiger partial charge on any atom is 0.417 e. The van der Waals surface area contributed by atoms with Gasteiger partial charge in [-0.25, -0.2) is 0 Å². The van der Waals surface area contributed by atoms with Crippen molar-refractivity contribution in [3.8, 4) is 11.4 Å². The number of aromatic nitrogens is 3. The van der Waals surface area contributed by atoms with Crippen LogP contribution in [0, 0.1) is 0 Å². The molecule has 0 unspecified atom stereocenters. The molecular formula is C15H8Cl2F3N3O2. The van der Waals surface area contributed by atoms with Gasteiger partial charge >= 0.3 is 6.18 Å². The van der Waals surface area contributed by atoms with Gasteiger partial charge in [0.15, 0.2) is 0 Å². The van der Waals surface area contributed by atoms with Gasteiger partial charge in [-0.3, -0.25) is 4.79 Å². The molecule has 0 atom stereocenters. The molecule has 0 aliphatic heterocycles. The van der Waals surface area contributed by atoms with Crippen LogP contribution in [0.1, 0.15) is 11.5 Å². The summed E-state index contributed by atoms with van der Waals surface area (Å²) in [4.78, 5) is 16.0. The third-order valence-corrected chi connectivity index (χ3v) is 3.86. The van der Waals surface area contributed by atoms with Crippen molar-refractivity contribution >= 4 is 23.2 Å². The summed E-state index contributed by atoms with van der Waals surface area (Å²) in [7, 11) is 0. The van der Waals surface area contributed by atoms with Gasteiger partial charge in [0.05, 0.1) is 10.6 Å². The van der Waals surface area contributed by atoms with Crippen molar-refractivity contribution in [3.05, 3.63) is 68.4 Å². The highest BCUT2D eigenvalue weighted by molar-refractivity contribution is 6.33. The second-order valence-corrected chi connectivity index (χ2v) is 5.81. The number of rotatable bonds is 3. The van der Waals surface area contributed by atoms with E-state index >= 15 is 0 Å². The summed E-state index contributed by atoms with van der Waals surface area (Å²) < 4.78 is 44.3. The summed E-state index contributed by atoms with van der Waals surface area (Å²) in [5, 5.41) is 3.55. The first-order valence-electron chi connectivity index (χ1n) is 6.80. The van der Waals surface area contributed by atoms with Gasteiger partial charge in [-0.05, 0) is 18.2 Å². The average molecular weight is 390 g/mol. The molecule has 2 aromatic heterocycles. The van der Waals surface area contributed by atoms with Crippen LogP contribution in [0.25, 0.3) is 11.4 Å². The number of hydrogen-bond donors (Lipinski definition) is 0. The predicted octanol–water partition coefficient (Wildman–Crippen LogP) is 4.27. The van der Waals surface area contributed by atoms with Gasteiger partial charge in [0, 0.05) is 11.8 Å². The molecule has 25 heavy (non-hydrogen) atoms. The molecule has 0 saturated heterocycles. The first kappa shape index (κ1) is 17.5. The molecule has 1 aromatic carbocycles. The third kappa shape index (κ3) is 3.69. The van der Waals surface area contributed by atoms with Crippen LogP contribution in [0.3, 0.4) is 0 Å². The van der Waals surface area contributed by atoms with E-state index in [2.05, 4.69) is 10.1 Å². The van der Waals surface area contributed by atoms with Gasteiger partial charge in [0.2, 0.25) is 11.7 Å². The van der Waals surface area contributed by atoms with E-state index in [1.54, 1.807) is 24.3 Å². The smallest absolute Gasteiger partial charge is 0.337 e. The van der Waals surface area contributed by atoms with Crippen LogP contribution in [-0.2, 0) is 12.7 Å². The minimum Gasteiger partial charge on any atom is -0.337 e. The van der Waals surface area contributed by atoms with Crippen LogP contribution in [0.4, 0.5) is 13.2 Å². The van der Waals surface area contributed by atoms with Crippen LogP contribution in [0.2, 0.25) is 10.0 Å². The minimum absolute atomic E-state index is 0.0626. The van der Waals surface area contributed by atoms with Crippen LogP contribution in [0.15, 0.2) is 45.8 Å². The van der Waals surface area contributed by atoms with Crippen molar-refractivity contribution in [2.75, 3.05) is 0 Å². The van der Waals surface area contributed by atoms with E-state index in [1.165, 1.54) is 0 Å². The Bertz CT molecular complexity index is 983. The molecule has 10 heteroatoms. The average Bonchev–Trinajstić information content (AvgIpc) is 2.99. The van der Waals surface area contributed by atoms with E-state index in [0.29, 0.717) is 22.8 Å². The second kappa shape index (κ2) is 6.53. The third-order valence-electron chi connectivity index (χ3n) is 3.26. The maximum absolute atomic E-state index is 12.8. The first-order chi connectivity index (χ1) is 11.8. The van der Waals surface area contributed by atoms with E-state index < -0.39 is 22.3 Å². The number of halogens is 5. The monoisotopic (exact) mass is 389 g/mol. The normalized spacial score (nSPS) is 11.7. The zero-order chi connectivity index (χ0) is 18.2. The van der Waals surface area contributed by atoms with Crippen molar-refractivity contribution in [3.63, 3.8) is 0 Å². The Morgan fingerprint density at radius 3 is 2.56 bits per heavy atom. The predicted molar refractivity (Wildman–Crippen MR) is 84.6 cm³/mol. The molecule has 0 spiro atoms. The van der Waals surface area contributed by atoms with Crippen LogP contribution in [0.5, 0.6) is 0 Å². The summed E-state index contributed by atoms with van der Waals surface area (Å²) >= 11 is 11.6. The van der Waals surface area contributed by atoms with E-state index in [-0.39, 0.29) is 18.3 Å². The molecule has 3 aromatic rings. The fourth-order valence-electron chi connectivity index (χ4n) is 2.09. The number of benzene rings is 1. The van der Waals surface area contributed by atoms with Crippen molar-refractivity contribution in [2.24, 2.45) is 0 Å². The largest absolute Gasteiger partial charge is 0.417 e. The van der Waals surface area contributed by atoms with Crippen LogP contribution in [-0.4, -0.2) is 14.7 Å². The molecule has 0 aliphatic rings. The van der Waals surface area contributed by atoms with E-state index in [1.807, 2.05) is 0 Å². The number of hydrogen-bond acceptors (Lipinski definition) is 4. The Hall–Kier alpha value is -2.32. The van der Waals surface area contributed by atoms with Gasteiger partial charge < -0.3 is 9.09 Å². The molecule has 0 aliphatic carbocycles. The molecule has 3 rings (SSSR count). The van der Waals surface area contributed by atoms with Crippen molar-refractivity contribution in [2.45, 2.75) is 12.7 Å². The van der Waals surface area contributed by atoms with Gasteiger partial charge in [-0.1, -0.05) is 40.5 Å². The van der Waals surface area contributed by atoms with E-state index in [0.717, 1.165) is 4.57 Å². The Morgan fingerprint density at radius 1 is 1.16 bits per heavy atom. The fraction of sp³-hybridized carbons (Fsp3) is 0.133. The SMILES string of the molecule is O=c1c(Cl)cc(C(F)(F)F)cn1Cc1nc(-c2ccccc2Cl)no1. The molecule has 0 N–H and O–H groups in total. The molecule has 0 saturated carbocycles. The minimum atomic E-state index is -4.64. The summed E-state index contributed by atoms with van der Waals surface area (Å²) in [5.74, 6) is 0.0964. The highest BCUT2D eigenvalue weighted by Gasteiger charge is 2.32.